The number of guanidine groups is 1. The summed E-state index contributed by atoms with van der Waals surface area (Å²) in [5.74, 6) is -0.564. The van der Waals surface area contributed by atoms with E-state index in [4.69, 9.17) is 0 Å². The number of halogens is 3. The fraction of sp³-hybridized carbons (Fsp3) is 0.500. The fourth-order valence-electron chi connectivity index (χ4n) is 1.70. The van der Waals surface area contributed by atoms with Crippen molar-refractivity contribution in [1.82, 2.24) is 16.0 Å². The van der Waals surface area contributed by atoms with Crippen molar-refractivity contribution in [1.29, 1.82) is 0 Å². The van der Waals surface area contributed by atoms with E-state index < -0.39 is 17.0 Å². The summed E-state index contributed by atoms with van der Waals surface area (Å²) in [4.78, 5) is 15.7. The molecule has 1 amide bonds. The molecule has 3 N–H and O–H groups in total. The predicted molar refractivity (Wildman–Crippen MR) is 102 cm³/mol. The summed E-state index contributed by atoms with van der Waals surface area (Å²) in [5.41, 5.74) is -0.219. The van der Waals surface area contributed by atoms with Crippen molar-refractivity contribution in [3.63, 3.8) is 0 Å². The lowest BCUT2D eigenvalue weighted by molar-refractivity contribution is -0.128. The van der Waals surface area contributed by atoms with Gasteiger partial charge < -0.3 is 16.0 Å². The maximum absolute atomic E-state index is 13.5. The number of benzene rings is 1. The zero-order valence-corrected chi connectivity index (χ0v) is 16.7. The molecular formula is C16H25F2IN4O. The molecule has 0 aliphatic rings. The van der Waals surface area contributed by atoms with Gasteiger partial charge in [0.25, 0.3) is 0 Å². The van der Waals surface area contributed by atoms with Crippen molar-refractivity contribution >= 4 is 35.8 Å². The third-order valence-corrected chi connectivity index (χ3v) is 3.06. The maximum atomic E-state index is 13.5. The summed E-state index contributed by atoms with van der Waals surface area (Å²) >= 11 is 0. The molecule has 0 radical (unpaired) electrons. The molecular weight excluding hydrogens is 429 g/mol. The van der Waals surface area contributed by atoms with Crippen LogP contribution in [0.4, 0.5) is 8.78 Å². The molecule has 1 rings (SSSR count). The van der Waals surface area contributed by atoms with E-state index in [0.717, 1.165) is 18.2 Å². The molecule has 5 nitrogen and oxygen atoms in total. The van der Waals surface area contributed by atoms with Crippen LogP contribution >= 0.6 is 24.0 Å². The Morgan fingerprint density at radius 3 is 2.33 bits per heavy atom. The summed E-state index contributed by atoms with van der Waals surface area (Å²) in [7, 11) is 1.57. The van der Waals surface area contributed by atoms with Crippen LogP contribution in [0.2, 0.25) is 0 Å². The first kappa shape index (κ1) is 22.6. The molecule has 24 heavy (non-hydrogen) atoms. The summed E-state index contributed by atoms with van der Waals surface area (Å²) < 4.78 is 26.6. The van der Waals surface area contributed by atoms with E-state index >= 15 is 0 Å². The molecule has 0 spiro atoms. The smallest absolute Gasteiger partial charge is 0.225 e. The van der Waals surface area contributed by atoms with E-state index in [1.165, 1.54) is 0 Å². The van der Waals surface area contributed by atoms with E-state index in [2.05, 4.69) is 20.9 Å². The van der Waals surface area contributed by atoms with Crippen molar-refractivity contribution in [2.75, 3.05) is 20.1 Å². The standard InChI is InChI=1S/C16H24F2N4O.HI/c1-16(2,3)14(23)20-7-8-21-15(19-4)22-10-11-9-12(17)5-6-13(11)18;/h5-6,9H,7-8,10H2,1-4H3,(H,20,23)(H2,19,21,22);1H. The molecule has 0 aromatic heterocycles. The van der Waals surface area contributed by atoms with Crippen molar-refractivity contribution in [2.45, 2.75) is 27.3 Å². The van der Waals surface area contributed by atoms with E-state index in [0.29, 0.717) is 19.0 Å². The van der Waals surface area contributed by atoms with Crippen LogP contribution in [0.3, 0.4) is 0 Å². The lowest BCUT2D eigenvalue weighted by atomic mass is 9.96. The molecule has 0 saturated heterocycles. The number of amides is 1. The minimum Gasteiger partial charge on any atom is -0.355 e. The van der Waals surface area contributed by atoms with Gasteiger partial charge in [0.2, 0.25) is 5.91 Å². The molecule has 136 valence electrons. The number of aliphatic imine (C=N–C) groups is 1. The van der Waals surface area contributed by atoms with Crippen LogP contribution in [0.15, 0.2) is 23.2 Å². The molecule has 0 fully saturated rings. The largest absolute Gasteiger partial charge is 0.355 e. The number of rotatable bonds is 5. The second-order valence-electron chi connectivity index (χ2n) is 6.09. The normalized spacial score (nSPS) is 11.5. The number of nitrogens with one attached hydrogen (secondary N) is 3. The van der Waals surface area contributed by atoms with Crippen molar-refractivity contribution in [3.8, 4) is 0 Å². The van der Waals surface area contributed by atoms with E-state index in [1.807, 2.05) is 20.8 Å². The maximum Gasteiger partial charge on any atom is 0.225 e. The minimum absolute atomic E-state index is 0. The molecule has 0 bridgehead atoms. The zero-order valence-electron chi connectivity index (χ0n) is 14.4. The van der Waals surface area contributed by atoms with Crippen LogP contribution in [-0.4, -0.2) is 32.0 Å². The summed E-state index contributed by atoms with van der Waals surface area (Å²) in [6.45, 7) is 6.52. The Morgan fingerprint density at radius 1 is 1.12 bits per heavy atom. The molecule has 8 heteroatoms. The van der Waals surface area contributed by atoms with Gasteiger partial charge in [-0.05, 0) is 18.2 Å². The second-order valence-corrected chi connectivity index (χ2v) is 6.09. The zero-order chi connectivity index (χ0) is 17.5. The Hall–Kier alpha value is -1.45. The van der Waals surface area contributed by atoms with Gasteiger partial charge in [-0.3, -0.25) is 9.79 Å². The SMILES string of the molecule is CN=C(NCCNC(=O)C(C)(C)C)NCc1cc(F)ccc1F.I. The molecule has 0 unspecified atom stereocenters. The highest BCUT2D eigenvalue weighted by Gasteiger charge is 2.20. The predicted octanol–water partition coefficient (Wildman–Crippen LogP) is 2.41. The minimum atomic E-state index is -0.490. The van der Waals surface area contributed by atoms with Crippen LogP contribution in [0, 0.1) is 17.0 Å². The first-order chi connectivity index (χ1) is 10.7. The van der Waals surface area contributed by atoms with E-state index in [9.17, 15) is 13.6 Å². The number of nitrogens with zero attached hydrogens (tertiary/aromatic N) is 1. The monoisotopic (exact) mass is 454 g/mol. The fourth-order valence-corrected chi connectivity index (χ4v) is 1.70. The van der Waals surface area contributed by atoms with Crippen LogP contribution in [0.25, 0.3) is 0 Å². The van der Waals surface area contributed by atoms with Gasteiger partial charge in [0.05, 0.1) is 0 Å². The third-order valence-electron chi connectivity index (χ3n) is 3.06. The quantitative estimate of drug-likeness (QED) is 0.277. The van der Waals surface area contributed by atoms with Crippen LogP contribution < -0.4 is 16.0 Å². The number of carbonyl (C=O) groups is 1. The van der Waals surface area contributed by atoms with Gasteiger partial charge in [0, 0.05) is 37.7 Å². The van der Waals surface area contributed by atoms with Gasteiger partial charge >= 0.3 is 0 Å². The molecule has 0 aliphatic carbocycles. The Labute approximate surface area is 158 Å². The average Bonchev–Trinajstić information content (AvgIpc) is 2.48. The highest BCUT2D eigenvalue weighted by atomic mass is 127. The number of carbonyl (C=O) groups excluding carboxylic acids is 1. The van der Waals surface area contributed by atoms with Crippen molar-refractivity contribution in [2.24, 2.45) is 10.4 Å². The lowest BCUT2D eigenvalue weighted by Crippen LogP contribution is -2.43. The highest BCUT2D eigenvalue weighted by Crippen LogP contribution is 2.11. The molecule has 0 atom stereocenters. The highest BCUT2D eigenvalue weighted by molar-refractivity contribution is 14.0. The summed E-state index contributed by atoms with van der Waals surface area (Å²) in [5, 5.41) is 8.68. The average molecular weight is 454 g/mol. The van der Waals surface area contributed by atoms with E-state index in [1.54, 1.807) is 7.05 Å². The number of hydrogen-bond acceptors (Lipinski definition) is 2. The van der Waals surface area contributed by atoms with Gasteiger partial charge in [-0.1, -0.05) is 20.8 Å². The number of hydrogen-bond donors (Lipinski definition) is 3. The molecule has 0 heterocycles. The van der Waals surface area contributed by atoms with Gasteiger partial charge in [-0.15, -0.1) is 24.0 Å². The molecule has 0 aliphatic heterocycles. The Bertz CT molecular complexity index is 574. The van der Waals surface area contributed by atoms with Crippen LogP contribution in [0.1, 0.15) is 26.3 Å². The van der Waals surface area contributed by atoms with E-state index in [-0.39, 0.29) is 42.0 Å². The van der Waals surface area contributed by atoms with Crippen molar-refractivity contribution < 1.29 is 13.6 Å². The third kappa shape index (κ3) is 7.89. The Balaban J connectivity index is 0.00000529. The molecule has 1 aromatic carbocycles. The first-order valence-corrected chi connectivity index (χ1v) is 7.41. The van der Waals surface area contributed by atoms with Gasteiger partial charge in [-0.25, -0.2) is 8.78 Å². The van der Waals surface area contributed by atoms with Gasteiger partial charge in [0.1, 0.15) is 11.6 Å². The van der Waals surface area contributed by atoms with Crippen LogP contribution in [0.5, 0.6) is 0 Å². The van der Waals surface area contributed by atoms with Gasteiger partial charge in [0.15, 0.2) is 5.96 Å². The molecule has 0 saturated carbocycles. The Kier molecular flexibility index (Phi) is 9.79. The summed E-state index contributed by atoms with van der Waals surface area (Å²) in [6.07, 6.45) is 0. The molecule has 1 aromatic rings. The van der Waals surface area contributed by atoms with Crippen LogP contribution in [-0.2, 0) is 11.3 Å². The van der Waals surface area contributed by atoms with Gasteiger partial charge in [-0.2, -0.15) is 0 Å². The lowest BCUT2D eigenvalue weighted by Gasteiger charge is -2.18. The summed E-state index contributed by atoms with van der Waals surface area (Å²) in [6, 6.07) is 3.30. The first-order valence-electron chi connectivity index (χ1n) is 7.41. The topological polar surface area (TPSA) is 65.5 Å². The second kappa shape index (κ2) is 10.4. The van der Waals surface area contributed by atoms with Crippen molar-refractivity contribution in [3.05, 3.63) is 35.4 Å². The Morgan fingerprint density at radius 2 is 1.75 bits per heavy atom.